The number of rotatable bonds is 5. The summed E-state index contributed by atoms with van der Waals surface area (Å²) in [5.74, 6) is 0.896. The molecule has 0 spiro atoms. The molecule has 2 rings (SSSR count). The Balaban J connectivity index is 2.12. The summed E-state index contributed by atoms with van der Waals surface area (Å²) in [6, 6.07) is 2.15. The Morgan fingerprint density at radius 1 is 1.62 bits per heavy atom. The average molecular weight is 233 g/mol. The molecule has 2 aromatic heterocycles. The minimum absolute atomic E-state index is 0.737. The van der Waals surface area contributed by atoms with E-state index in [1.54, 1.807) is 11.3 Å². The number of aromatic nitrogens is 2. The number of imidazole rings is 1. The maximum atomic E-state index is 4.27. The number of aryl methyl sites for hydroxylation is 1. The highest BCUT2D eigenvalue weighted by atomic mass is 32.1. The van der Waals surface area contributed by atoms with Crippen molar-refractivity contribution in [2.75, 3.05) is 11.9 Å². The lowest BCUT2D eigenvalue weighted by Gasteiger charge is -2.07. The van der Waals surface area contributed by atoms with Crippen molar-refractivity contribution in [3.63, 3.8) is 0 Å². The molecule has 2 aromatic rings. The predicted molar refractivity (Wildman–Crippen MR) is 69.1 cm³/mol. The van der Waals surface area contributed by atoms with Crippen LogP contribution in [0.25, 0.3) is 0 Å². The fraction of sp³-hybridized carbons (Fsp3) is 0.250. The van der Waals surface area contributed by atoms with E-state index in [2.05, 4.69) is 39.8 Å². The average Bonchev–Trinajstić information content (AvgIpc) is 2.87. The van der Waals surface area contributed by atoms with Gasteiger partial charge in [-0.05, 0) is 23.9 Å². The summed E-state index contributed by atoms with van der Waals surface area (Å²) in [6.07, 6.45) is 5.63. The van der Waals surface area contributed by atoms with Crippen molar-refractivity contribution in [1.29, 1.82) is 0 Å². The van der Waals surface area contributed by atoms with Gasteiger partial charge >= 0.3 is 0 Å². The van der Waals surface area contributed by atoms with Gasteiger partial charge in [0.1, 0.15) is 0 Å². The molecule has 1 N–H and O–H groups in total. The molecular weight excluding hydrogens is 218 g/mol. The van der Waals surface area contributed by atoms with Gasteiger partial charge in [-0.15, -0.1) is 17.9 Å². The van der Waals surface area contributed by atoms with Crippen molar-refractivity contribution in [2.24, 2.45) is 0 Å². The molecule has 0 saturated carbocycles. The van der Waals surface area contributed by atoms with E-state index in [4.69, 9.17) is 0 Å². The molecule has 0 aliphatic rings. The Labute approximate surface area is 99.5 Å². The minimum Gasteiger partial charge on any atom is -0.352 e. The Morgan fingerprint density at radius 2 is 2.50 bits per heavy atom. The first-order valence-electron chi connectivity index (χ1n) is 5.20. The molecule has 0 atom stereocenters. The SMILES string of the molecule is C=CCNc1nccn1Cc1sccc1C. The second-order valence-electron chi connectivity index (χ2n) is 3.58. The zero-order valence-electron chi connectivity index (χ0n) is 9.31. The highest BCUT2D eigenvalue weighted by Gasteiger charge is 2.05. The monoisotopic (exact) mass is 233 g/mol. The predicted octanol–water partition coefficient (Wildman–Crippen LogP) is 2.90. The number of nitrogens with zero attached hydrogens (tertiary/aromatic N) is 2. The van der Waals surface area contributed by atoms with Crippen LogP contribution >= 0.6 is 11.3 Å². The zero-order valence-corrected chi connectivity index (χ0v) is 10.1. The summed E-state index contributed by atoms with van der Waals surface area (Å²) in [6.45, 7) is 7.44. The van der Waals surface area contributed by atoms with Gasteiger partial charge < -0.3 is 9.88 Å². The van der Waals surface area contributed by atoms with Crippen LogP contribution in [0.1, 0.15) is 10.4 Å². The van der Waals surface area contributed by atoms with Crippen molar-refractivity contribution >= 4 is 17.3 Å². The molecule has 84 valence electrons. The van der Waals surface area contributed by atoms with Crippen molar-refractivity contribution in [2.45, 2.75) is 13.5 Å². The Kier molecular flexibility index (Phi) is 3.41. The van der Waals surface area contributed by atoms with Crippen LogP contribution in [0.4, 0.5) is 5.95 Å². The fourth-order valence-corrected chi connectivity index (χ4v) is 2.39. The van der Waals surface area contributed by atoms with Gasteiger partial charge in [-0.3, -0.25) is 0 Å². The Hall–Kier alpha value is -1.55. The van der Waals surface area contributed by atoms with E-state index in [1.807, 2.05) is 18.5 Å². The van der Waals surface area contributed by atoms with Crippen LogP contribution in [0.3, 0.4) is 0 Å². The van der Waals surface area contributed by atoms with Crippen LogP contribution in [0, 0.1) is 6.92 Å². The summed E-state index contributed by atoms with van der Waals surface area (Å²) in [5.41, 5.74) is 1.34. The second-order valence-corrected chi connectivity index (χ2v) is 4.58. The number of hydrogen-bond donors (Lipinski definition) is 1. The van der Waals surface area contributed by atoms with Crippen molar-refractivity contribution in [3.8, 4) is 0 Å². The molecule has 0 fully saturated rings. The largest absolute Gasteiger partial charge is 0.352 e. The van der Waals surface area contributed by atoms with Gasteiger partial charge in [0.15, 0.2) is 0 Å². The first kappa shape index (κ1) is 11.0. The lowest BCUT2D eigenvalue weighted by Crippen LogP contribution is -2.07. The van der Waals surface area contributed by atoms with Crippen LogP contribution in [-0.4, -0.2) is 16.1 Å². The first-order chi connectivity index (χ1) is 7.81. The number of hydrogen-bond acceptors (Lipinski definition) is 3. The third kappa shape index (κ3) is 2.33. The highest BCUT2D eigenvalue weighted by Crippen LogP contribution is 2.18. The second kappa shape index (κ2) is 4.99. The third-order valence-corrected chi connectivity index (χ3v) is 3.41. The summed E-state index contributed by atoms with van der Waals surface area (Å²) in [4.78, 5) is 5.65. The van der Waals surface area contributed by atoms with Gasteiger partial charge in [0.05, 0.1) is 6.54 Å². The van der Waals surface area contributed by atoms with E-state index in [0.717, 1.165) is 19.0 Å². The molecule has 0 amide bonds. The molecule has 16 heavy (non-hydrogen) atoms. The van der Waals surface area contributed by atoms with E-state index in [1.165, 1.54) is 10.4 Å². The summed E-state index contributed by atoms with van der Waals surface area (Å²) in [7, 11) is 0. The van der Waals surface area contributed by atoms with E-state index in [9.17, 15) is 0 Å². The molecule has 4 heteroatoms. The number of anilines is 1. The maximum Gasteiger partial charge on any atom is 0.203 e. The van der Waals surface area contributed by atoms with Gasteiger partial charge in [-0.1, -0.05) is 6.08 Å². The zero-order chi connectivity index (χ0) is 11.4. The molecule has 0 aliphatic carbocycles. The molecule has 0 unspecified atom stereocenters. The van der Waals surface area contributed by atoms with E-state index < -0.39 is 0 Å². The third-order valence-electron chi connectivity index (χ3n) is 2.40. The van der Waals surface area contributed by atoms with Crippen molar-refractivity contribution in [1.82, 2.24) is 9.55 Å². The smallest absolute Gasteiger partial charge is 0.203 e. The van der Waals surface area contributed by atoms with Gasteiger partial charge in [0.2, 0.25) is 5.95 Å². The molecule has 0 aromatic carbocycles. The lowest BCUT2D eigenvalue weighted by molar-refractivity contribution is 0.810. The first-order valence-corrected chi connectivity index (χ1v) is 6.08. The van der Waals surface area contributed by atoms with E-state index in [-0.39, 0.29) is 0 Å². The summed E-state index contributed by atoms with van der Waals surface area (Å²) in [5, 5.41) is 5.34. The summed E-state index contributed by atoms with van der Waals surface area (Å²) < 4.78 is 2.11. The summed E-state index contributed by atoms with van der Waals surface area (Å²) >= 11 is 1.78. The lowest BCUT2D eigenvalue weighted by atomic mass is 10.3. The normalized spacial score (nSPS) is 10.3. The topological polar surface area (TPSA) is 29.9 Å². The van der Waals surface area contributed by atoms with Crippen LogP contribution < -0.4 is 5.32 Å². The minimum atomic E-state index is 0.737. The van der Waals surface area contributed by atoms with E-state index >= 15 is 0 Å². The molecule has 0 aliphatic heterocycles. The van der Waals surface area contributed by atoms with Gasteiger partial charge in [0.25, 0.3) is 0 Å². The fourth-order valence-electron chi connectivity index (χ4n) is 1.49. The maximum absolute atomic E-state index is 4.27. The highest BCUT2D eigenvalue weighted by molar-refractivity contribution is 7.10. The van der Waals surface area contributed by atoms with Crippen LogP contribution in [-0.2, 0) is 6.54 Å². The van der Waals surface area contributed by atoms with Gasteiger partial charge in [-0.2, -0.15) is 0 Å². The Morgan fingerprint density at radius 3 is 3.19 bits per heavy atom. The van der Waals surface area contributed by atoms with Crippen molar-refractivity contribution in [3.05, 3.63) is 46.9 Å². The van der Waals surface area contributed by atoms with Crippen LogP contribution in [0.15, 0.2) is 36.5 Å². The Bertz CT molecular complexity index is 470. The van der Waals surface area contributed by atoms with Gasteiger partial charge in [-0.25, -0.2) is 4.98 Å². The molecule has 2 heterocycles. The van der Waals surface area contributed by atoms with E-state index in [0.29, 0.717) is 0 Å². The number of thiophene rings is 1. The quantitative estimate of drug-likeness (QED) is 0.805. The molecule has 0 bridgehead atoms. The number of nitrogens with one attached hydrogen (secondary N) is 1. The van der Waals surface area contributed by atoms with Crippen molar-refractivity contribution < 1.29 is 0 Å². The molecule has 3 nitrogen and oxygen atoms in total. The standard InChI is InChI=1S/C12H15N3S/c1-3-5-13-12-14-6-7-15(12)9-11-10(2)4-8-16-11/h3-4,6-8H,1,5,9H2,2H3,(H,13,14). The van der Waals surface area contributed by atoms with Gasteiger partial charge in [0, 0.05) is 23.8 Å². The van der Waals surface area contributed by atoms with Crippen LogP contribution in [0.5, 0.6) is 0 Å². The molecule has 0 saturated heterocycles. The molecular formula is C12H15N3S. The molecule has 0 radical (unpaired) electrons. The van der Waals surface area contributed by atoms with Crippen LogP contribution in [0.2, 0.25) is 0 Å².